The molecular weight excluding hydrogens is 434 g/mol. The zero-order chi connectivity index (χ0) is 25.2. The van der Waals surface area contributed by atoms with Crippen LogP contribution in [0.4, 0.5) is 0 Å². The number of fused-ring (bicyclic) bond motifs is 3. The second kappa shape index (κ2) is 7.90. The number of ketones is 1. The van der Waals surface area contributed by atoms with Crippen LogP contribution in [0.3, 0.4) is 0 Å². The fourth-order valence-corrected chi connectivity index (χ4v) is 7.28. The Labute approximate surface area is 207 Å². The van der Waals surface area contributed by atoms with Crippen molar-refractivity contribution in [1.82, 2.24) is 0 Å². The number of carbonyl (C=O) groups excluding carboxylic acids is 1. The Balaban J connectivity index is 1.77. The lowest BCUT2D eigenvalue weighted by Gasteiger charge is -2.52. The molecule has 2 N–H and O–H groups in total. The first kappa shape index (κ1) is 23.5. The second-order valence-electron chi connectivity index (χ2n) is 11.0. The van der Waals surface area contributed by atoms with Crippen LogP contribution < -0.4 is 5.73 Å². The van der Waals surface area contributed by atoms with Crippen LogP contribution in [0.25, 0.3) is 11.1 Å². The van der Waals surface area contributed by atoms with E-state index in [1.807, 2.05) is 25.1 Å². The number of nitrogens with zero attached hydrogens (tertiary/aromatic N) is 2. The van der Waals surface area contributed by atoms with Crippen molar-refractivity contribution in [1.29, 1.82) is 5.26 Å². The second-order valence-corrected chi connectivity index (χ2v) is 11.0. The topological polar surface area (TPSA) is 88.5 Å². The van der Waals surface area contributed by atoms with Crippen LogP contribution in [0, 0.1) is 22.7 Å². The average Bonchev–Trinajstić information content (AvgIpc) is 3.21. The predicted molar refractivity (Wildman–Crippen MR) is 138 cm³/mol. The zero-order valence-corrected chi connectivity index (χ0v) is 21.0. The standard InChI is InChI=1S/C30H33N3O2/c1-18(2)25-26(34)30(33-27(25)32)24-16-21(20-8-6-7-19(15-20)17-31)9-10-23(24)28(3,4)29(30)13-11-22(35-5)12-14-29/h6-10,15-16,22,25H,1,11-14H2,2-5H3,(H2,32,33). The van der Waals surface area contributed by atoms with Gasteiger partial charge in [-0.25, -0.2) is 0 Å². The molecule has 2 aliphatic carbocycles. The summed E-state index contributed by atoms with van der Waals surface area (Å²) in [4.78, 5) is 19.6. The average molecular weight is 468 g/mol. The first-order valence-electron chi connectivity index (χ1n) is 12.4. The summed E-state index contributed by atoms with van der Waals surface area (Å²) in [6.45, 7) is 10.5. The van der Waals surface area contributed by atoms with Gasteiger partial charge in [0.05, 0.1) is 23.7 Å². The molecule has 2 atom stereocenters. The number of benzene rings is 2. The minimum absolute atomic E-state index is 0.0492. The molecule has 5 rings (SSSR count). The number of rotatable bonds is 3. The zero-order valence-electron chi connectivity index (χ0n) is 21.0. The molecule has 2 aromatic rings. The fourth-order valence-electron chi connectivity index (χ4n) is 7.28. The lowest BCUT2D eigenvalue weighted by molar-refractivity contribution is -0.134. The van der Waals surface area contributed by atoms with E-state index < -0.39 is 16.9 Å². The van der Waals surface area contributed by atoms with E-state index >= 15 is 0 Å². The number of Topliss-reactive ketones (excluding diaryl/α,β-unsaturated/α-hetero) is 1. The van der Waals surface area contributed by atoms with Gasteiger partial charge in [0.1, 0.15) is 5.84 Å². The lowest BCUT2D eigenvalue weighted by Crippen LogP contribution is -2.55. The van der Waals surface area contributed by atoms with Crippen LogP contribution >= 0.6 is 0 Å². The van der Waals surface area contributed by atoms with E-state index in [0.29, 0.717) is 11.4 Å². The molecule has 5 heteroatoms. The number of hydrogen-bond donors (Lipinski definition) is 1. The first-order valence-corrected chi connectivity index (χ1v) is 12.4. The molecule has 1 heterocycles. The van der Waals surface area contributed by atoms with E-state index in [9.17, 15) is 10.1 Å². The highest BCUT2D eigenvalue weighted by atomic mass is 16.5. The van der Waals surface area contributed by atoms with Gasteiger partial charge in [0, 0.05) is 12.5 Å². The normalized spacial score (nSPS) is 30.8. The number of amidine groups is 1. The van der Waals surface area contributed by atoms with E-state index in [1.165, 1.54) is 0 Å². The first-order chi connectivity index (χ1) is 16.6. The summed E-state index contributed by atoms with van der Waals surface area (Å²) in [7, 11) is 1.77. The minimum Gasteiger partial charge on any atom is -0.387 e. The Morgan fingerprint density at radius 1 is 1.14 bits per heavy atom. The summed E-state index contributed by atoms with van der Waals surface area (Å²) < 4.78 is 5.71. The SMILES string of the molecule is C=C(C)C1C(=O)C2(N=C1N)c1cc(-c3cccc(C#N)c3)ccc1C(C)(C)C21CCC(OC)CC1. The van der Waals surface area contributed by atoms with Crippen molar-refractivity contribution in [3.05, 3.63) is 71.3 Å². The molecule has 35 heavy (non-hydrogen) atoms. The largest absolute Gasteiger partial charge is 0.387 e. The highest BCUT2D eigenvalue weighted by molar-refractivity contribution is 6.16. The molecule has 0 aromatic heterocycles. The molecule has 2 aromatic carbocycles. The lowest BCUT2D eigenvalue weighted by atomic mass is 9.51. The monoisotopic (exact) mass is 467 g/mol. The number of hydrogen-bond acceptors (Lipinski definition) is 5. The Hall–Kier alpha value is -3.23. The van der Waals surface area contributed by atoms with Gasteiger partial charge in [-0.15, -0.1) is 0 Å². The third kappa shape index (κ3) is 2.96. The van der Waals surface area contributed by atoms with Crippen LogP contribution in [-0.2, 0) is 20.5 Å². The van der Waals surface area contributed by atoms with Crippen molar-refractivity contribution >= 4 is 11.6 Å². The number of methoxy groups -OCH3 is 1. The highest BCUT2D eigenvalue weighted by Gasteiger charge is 2.72. The van der Waals surface area contributed by atoms with E-state index in [1.54, 1.807) is 13.2 Å². The van der Waals surface area contributed by atoms with Gasteiger partial charge in [-0.1, -0.05) is 50.3 Å². The van der Waals surface area contributed by atoms with Crippen LogP contribution in [0.1, 0.15) is 63.1 Å². The Kier molecular flexibility index (Phi) is 5.30. The Morgan fingerprint density at radius 2 is 1.83 bits per heavy atom. The molecule has 0 bridgehead atoms. The van der Waals surface area contributed by atoms with E-state index in [2.05, 4.69) is 44.7 Å². The fraction of sp³-hybridized carbons (Fsp3) is 0.433. The van der Waals surface area contributed by atoms with Crippen LogP contribution in [0.2, 0.25) is 0 Å². The van der Waals surface area contributed by atoms with E-state index in [0.717, 1.165) is 53.5 Å². The Morgan fingerprint density at radius 3 is 2.43 bits per heavy atom. The van der Waals surface area contributed by atoms with Crippen LogP contribution in [0.5, 0.6) is 0 Å². The Bertz CT molecular complexity index is 1310. The molecule has 0 amide bonds. The van der Waals surface area contributed by atoms with Crippen molar-refractivity contribution in [3.8, 4) is 17.2 Å². The van der Waals surface area contributed by atoms with E-state index in [4.69, 9.17) is 15.5 Å². The molecular formula is C30H33N3O2. The summed E-state index contributed by atoms with van der Waals surface area (Å²) in [6.07, 6.45) is 3.62. The van der Waals surface area contributed by atoms with Crippen molar-refractivity contribution in [2.75, 3.05) is 7.11 Å². The van der Waals surface area contributed by atoms with Crippen molar-refractivity contribution in [2.24, 2.45) is 22.1 Å². The highest BCUT2D eigenvalue weighted by Crippen LogP contribution is 2.70. The molecule has 1 aliphatic heterocycles. The third-order valence-electron chi connectivity index (χ3n) is 9.12. The molecule has 0 saturated heterocycles. The molecule has 180 valence electrons. The van der Waals surface area contributed by atoms with Crippen molar-refractivity contribution in [3.63, 3.8) is 0 Å². The third-order valence-corrected chi connectivity index (χ3v) is 9.12. The summed E-state index contributed by atoms with van der Waals surface area (Å²) in [5.74, 6) is -0.149. The summed E-state index contributed by atoms with van der Waals surface area (Å²) >= 11 is 0. The maximum atomic E-state index is 14.5. The maximum absolute atomic E-state index is 14.5. The van der Waals surface area contributed by atoms with Gasteiger partial charge in [0.2, 0.25) is 0 Å². The quantitative estimate of drug-likeness (QED) is 0.611. The summed E-state index contributed by atoms with van der Waals surface area (Å²) in [5.41, 5.74) is 10.1. The minimum atomic E-state index is -1.05. The van der Waals surface area contributed by atoms with Gasteiger partial charge in [0.15, 0.2) is 11.3 Å². The molecule has 2 spiro atoms. The maximum Gasteiger partial charge on any atom is 0.180 e. The van der Waals surface area contributed by atoms with Crippen LogP contribution in [0.15, 0.2) is 59.6 Å². The van der Waals surface area contributed by atoms with Gasteiger partial charge < -0.3 is 10.5 Å². The van der Waals surface area contributed by atoms with Gasteiger partial charge in [-0.3, -0.25) is 9.79 Å². The predicted octanol–water partition coefficient (Wildman–Crippen LogP) is 5.42. The molecule has 1 saturated carbocycles. The van der Waals surface area contributed by atoms with Gasteiger partial charge in [0.25, 0.3) is 0 Å². The number of nitriles is 1. The molecule has 0 radical (unpaired) electrons. The van der Waals surface area contributed by atoms with Gasteiger partial charge in [-0.05, 0) is 78.5 Å². The number of aliphatic imine (C=N–C) groups is 1. The summed E-state index contributed by atoms with van der Waals surface area (Å²) in [6, 6.07) is 16.2. The van der Waals surface area contributed by atoms with E-state index in [-0.39, 0.29) is 17.3 Å². The summed E-state index contributed by atoms with van der Waals surface area (Å²) in [5, 5.41) is 9.41. The molecule has 2 unspecified atom stereocenters. The van der Waals surface area contributed by atoms with Gasteiger partial charge in [-0.2, -0.15) is 5.26 Å². The molecule has 1 fully saturated rings. The number of carbonyl (C=O) groups is 1. The smallest absolute Gasteiger partial charge is 0.180 e. The molecule has 5 nitrogen and oxygen atoms in total. The molecule has 3 aliphatic rings. The number of nitrogens with two attached hydrogens (primary N) is 1. The van der Waals surface area contributed by atoms with Crippen molar-refractivity contribution < 1.29 is 9.53 Å². The number of ether oxygens (including phenoxy) is 1. The van der Waals surface area contributed by atoms with Crippen molar-refractivity contribution in [2.45, 2.75) is 63.5 Å². The van der Waals surface area contributed by atoms with Gasteiger partial charge >= 0.3 is 0 Å². The van der Waals surface area contributed by atoms with Crippen LogP contribution in [-0.4, -0.2) is 24.8 Å².